The molecule has 0 unspecified atom stereocenters. The molecular weight excluding hydrogens is 465 g/mol. The van der Waals surface area contributed by atoms with Crippen LogP contribution in [0.25, 0.3) is 0 Å². The standard InChI is InChI=1S/C20H21Cl2N3O5S/c21-16-4-2-1-3-15(16)20(27)23-8-7-19(26)24-14-5-6-17(22)18(13-14)31(28,29)25-9-11-30-12-10-25/h1-6,13H,7-12H2,(H,23,27)(H,24,26). The zero-order valence-electron chi connectivity index (χ0n) is 16.4. The average molecular weight is 486 g/mol. The smallest absolute Gasteiger partial charge is 0.252 e. The Labute approximate surface area is 190 Å². The first kappa shape index (κ1) is 23.5. The first-order valence-electron chi connectivity index (χ1n) is 9.49. The fraction of sp³-hybridized carbons (Fsp3) is 0.300. The number of nitrogens with zero attached hydrogens (tertiary/aromatic N) is 1. The zero-order chi connectivity index (χ0) is 22.4. The van der Waals surface area contributed by atoms with E-state index in [1.54, 1.807) is 24.3 Å². The van der Waals surface area contributed by atoms with Crippen molar-refractivity contribution in [3.8, 4) is 0 Å². The van der Waals surface area contributed by atoms with Crippen molar-refractivity contribution in [3.05, 3.63) is 58.1 Å². The zero-order valence-corrected chi connectivity index (χ0v) is 18.8. The van der Waals surface area contributed by atoms with Crippen molar-refractivity contribution in [2.45, 2.75) is 11.3 Å². The van der Waals surface area contributed by atoms with Gasteiger partial charge < -0.3 is 15.4 Å². The molecule has 1 fully saturated rings. The van der Waals surface area contributed by atoms with Crippen molar-refractivity contribution in [2.24, 2.45) is 0 Å². The number of benzene rings is 2. The molecule has 31 heavy (non-hydrogen) atoms. The van der Waals surface area contributed by atoms with Crippen LogP contribution in [-0.2, 0) is 19.6 Å². The van der Waals surface area contributed by atoms with Crippen molar-refractivity contribution in [1.29, 1.82) is 0 Å². The van der Waals surface area contributed by atoms with Gasteiger partial charge >= 0.3 is 0 Å². The van der Waals surface area contributed by atoms with Gasteiger partial charge in [0.05, 0.1) is 28.8 Å². The summed E-state index contributed by atoms with van der Waals surface area (Å²) in [5.41, 5.74) is 0.610. The van der Waals surface area contributed by atoms with Crippen molar-refractivity contribution in [3.63, 3.8) is 0 Å². The first-order valence-corrected chi connectivity index (χ1v) is 11.7. The number of nitrogens with one attached hydrogen (secondary N) is 2. The van der Waals surface area contributed by atoms with E-state index in [1.807, 2.05) is 0 Å². The van der Waals surface area contributed by atoms with Crippen molar-refractivity contribution < 1.29 is 22.7 Å². The van der Waals surface area contributed by atoms with E-state index in [0.717, 1.165) is 0 Å². The fourth-order valence-electron chi connectivity index (χ4n) is 2.96. The Morgan fingerprint density at radius 3 is 2.45 bits per heavy atom. The molecule has 2 N–H and O–H groups in total. The van der Waals surface area contributed by atoms with Crippen LogP contribution in [0.3, 0.4) is 0 Å². The first-order chi connectivity index (χ1) is 14.8. The normalized spacial score (nSPS) is 14.8. The maximum absolute atomic E-state index is 12.9. The van der Waals surface area contributed by atoms with E-state index in [0.29, 0.717) is 29.5 Å². The van der Waals surface area contributed by atoms with Gasteiger partial charge in [-0.05, 0) is 30.3 Å². The second-order valence-electron chi connectivity index (χ2n) is 6.70. The second-order valence-corrected chi connectivity index (χ2v) is 9.42. The Hall–Kier alpha value is -2.17. The summed E-state index contributed by atoms with van der Waals surface area (Å²) in [5, 5.41) is 5.64. The summed E-state index contributed by atoms with van der Waals surface area (Å²) in [6.07, 6.45) is -0.00956. The molecule has 3 rings (SSSR count). The minimum Gasteiger partial charge on any atom is -0.379 e. The lowest BCUT2D eigenvalue weighted by Crippen LogP contribution is -2.40. The van der Waals surface area contributed by atoms with E-state index in [-0.39, 0.29) is 41.9 Å². The summed E-state index contributed by atoms with van der Waals surface area (Å²) >= 11 is 12.1. The Morgan fingerprint density at radius 2 is 1.74 bits per heavy atom. The highest BCUT2D eigenvalue weighted by Crippen LogP contribution is 2.28. The second kappa shape index (κ2) is 10.4. The monoisotopic (exact) mass is 485 g/mol. The Morgan fingerprint density at radius 1 is 1.03 bits per heavy atom. The lowest BCUT2D eigenvalue weighted by Gasteiger charge is -2.26. The molecular formula is C20H21Cl2N3O5S. The van der Waals surface area contributed by atoms with E-state index >= 15 is 0 Å². The number of hydrogen-bond acceptors (Lipinski definition) is 5. The summed E-state index contributed by atoms with van der Waals surface area (Å²) in [5.74, 6) is -0.778. The molecule has 11 heteroatoms. The SMILES string of the molecule is O=C(CCNC(=O)c1ccccc1Cl)Nc1ccc(Cl)c(S(=O)(=O)N2CCOCC2)c1. The molecule has 1 aliphatic heterocycles. The predicted molar refractivity (Wildman–Crippen MR) is 118 cm³/mol. The molecule has 1 heterocycles. The van der Waals surface area contributed by atoms with Crippen LogP contribution in [0.15, 0.2) is 47.4 Å². The third-order valence-electron chi connectivity index (χ3n) is 4.56. The van der Waals surface area contributed by atoms with Crippen molar-refractivity contribution in [2.75, 3.05) is 38.2 Å². The van der Waals surface area contributed by atoms with Crippen molar-refractivity contribution in [1.82, 2.24) is 9.62 Å². The van der Waals surface area contributed by atoms with Gasteiger partial charge in [-0.3, -0.25) is 9.59 Å². The van der Waals surface area contributed by atoms with Gasteiger partial charge in [-0.25, -0.2) is 8.42 Å². The van der Waals surface area contributed by atoms with Crippen LogP contribution in [-0.4, -0.2) is 57.4 Å². The molecule has 2 aromatic carbocycles. The van der Waals surface area contributed by atoms with Crippen LogP contribution in [0.1, 0.15) is 16.8 Å². The minimum atomic E-state index is -3.81. The molecule has 0 atom stereocenters. The molecule has 2 amide bonds. The number of hydrogen-bond donors (Lipinski definition) is 2. The number of rotatable bonds is 7. The summed E-state index contributed by atoms with van der Waals surface area (Å²) in [6, 6.07) is 10.9. The molecule has 0 bridgehead atoms. The summed E-state index contributed by atoms with van der Waals surface area (Å²) in [4.78, 5) is 24.3. The van der Waals surface area contributed by atoms with Crippen LogP contribution in [0.2, 0.25) is 10.0 Å². The molecule has 0 aromatic heterocycles. The summed E-state index contributed by atoms with van der Waals surface area (Å²) < 4.78 is 32.2. The van der Waals surface area contributed by atoms with Gasteiger partial charge in [0, 0.05) is 31.7 Å². The molecule has 0 saturated carbocycles. The maximum Gasteiger partial charge on any atom is 0.252 e. The Bertz CT molecular complexity index is 1070. The van der Waals surface area contributed by atoms with Crippen molar-refractivity contribution >= 4 is 50.7 Å². The molecule has 1 saturated heterocycles. The molecule has 0 aliphatic carbocycles. The molecule has 166 valence electrons. The number of halogens is 2. The van der Waals surface area contributed by atoms with Gasteiger partial charge in [0.1, 0.15) is 4.90 Å². The maximum atomic E-state index is 12.9. The van der Waals surface area contributed by atoms with E-state index in [1.165, 1.54) is 22.5 Å². The van der Waals surface area contributed by atoms with Gasteiger partial charge in [0.2, 0.25) is 15.9 Å². The van der Waals surface area contributed by atoms with Crippen LogP contribution in [0.4, 0.5) is 5.69 Å². The van der Waals surface area contributed by atoms with Gasteiger partial charge in [0.25, 0.3) is 5.91 Å². The summed E-state index contributed by atoms with van der Waals surface area (Å²) in [7, 11) is -3.81. The van der Waals surface area contributed by atoms with E-state index in [2.05, 4.69) is 10.6 Å². The third kappa shape index (κ3) is 5.96. The molecule has 0 spiro atoms. The van der Waals surface area contributed by atoms with E-state index in [4.69, 9.17) is 27.9 Å². The number of anilines is 1. The molecule has 1 aliphatic rings. The number of ether oxygens (including phenoxy) is 1. The van der Waals surface area contributed by atoms with E-state index in [9.17, 15) is 18.0 Å². The fourth-order valence-corrected chi connectivity index (χ4v) is 5.09. The number of morpholine rings is 1. The van der Waals surface area contributed by atoms with Gasteiger partial charge in [-0.1, -0.05) is 35.3 Å². The van der Waals surface area contributed by atoms with E-state index < -0.39 is 15.9 Å². The van der Waals surface area contributed by atoms with Crippen LogP contribution in [0.5, 0.6) is 0 Å². The largest absolute Gasteiger partial charge is 0.379 e. The molecule has 0 radical (unpaired) electrons. The lowest BCUT2D eigenvalue weighted by molar-refractivity contribution is -0.116. The van der Waals surface area contributed by atoms with Crippen LogP contribution in [0, 0.1) is 0 Å². The topological polar surface area (TPSA) is 105 Å². The lowest BCUT2D eigenvalue weighted by atomic mass is 10.2. The number of carbonyl (C=O) groups is 2. The summed E-state index contributed by atoms with van der Waals surface area (Å²) in [6.45, 7) is 1.18. The quantitative estimate of drug-likeness (QED) is 0.627. The number of amides is 2. The van der Waals surface area contributed by atoms with Crippen LogP contribution >= 0.6 is 23.2 Å². The highest BCUT2D eigenvalue weighted by Gasteiger charge is 2.28. The average Bonchev–Trinajstić information content (AvgIpc) is 2.76. The Kier molecular flexibility index (Phi) is 7.90. The highest BCUT2D eigenvalue weighted by atomic mass is 35.5. The van der Waals surface area contributed by atoms with Gasteiger partial charge in [-0.2, -0.15) is 4.31 Å². The molecule has 8 nitrogen and oxygen atoms in total. The number of sulfonamides is 1. The highest BCUT2D eigenvalue weighted by molar-refractivity contribution is 7.89. The van der Waals surface area contributed by atoms with Gasteiger partial charge in [-0.15, -0.1) is 0 Å². The predicted octanol–water partition coefficient (Wildman–Crippen LogP) is 2.77. The number of carbonyl (C=O) groups excluding carboxylic acids is 2. The third-order valence-corrected chi connectivity index (χ3v) is 7.27. The van der Waals surface area contributed by atoms with Crippen LogP contribution < -0.4 is 10.6 Å². The molecule has 2 aromatic rings. The minimum absolute atomic E-state index is 0.00956. The van der Waals surface area contributed by atoms with Gasteiger partial charge in [0.15, 0.2) is 0 Å². The Balaban J connectivity index is 1.60.